The van der Waals surface area contributed by atoms with Gasteiger partial charge in [-0.05, 0) is 30.3 Å². The van der Waals surface area contributed by atoms with E-state index in [2.05, 4.69) is 15.6 Å². The minimum Gasteiger partial charge on any atom is -0.456 e. The Kier molecular flexibility index (Phi) is 4.56. The Morgan fingerprint density at radius 2 is 2.09 bits per heavy atom. The lowest BCUT2D eigenvalue weighted by Crippen LogP contribution is -2.48. The molecule has 1 saturated heterocycles. The molecule has 5 nitrogen and oxygen atoms in total. The van der Waals surface area contributed by atoms with Gasteiger partial charge < -0.3 is 15.4 Å². The number of hydrogen-bond acceptors (Lipinski definition) is 4. The topological polar surface area (TPSA) is 63.2 Å². The number of rotatable bonds is 5. The summed E-state index contributed by atoms with van der Waals surface area (Å²) < 4.78 is 5.66. The molecule has 0 saturated carbocycles. The molecule has 1 aromatic carbocycles. The number of carbonyl (C=O) groups is 1. The monoisotopic (exact) mass is 317 g/mol. The van der Waals surface area contributed by atoms with E-state index in [1.54, 1.807) is 42.7 Å². The van der Waals surface area contributed by atoms with Crippen LogP contribution < -0.4 is 15.4 Å². The summed E-state index contributed by atoms with van der Waals surface area (Å²) in [6.45, 7) is 2.60. The van der Waals surface area contributed by atoms with Crippen molar-refractivity contribution in [3.8, 4) is 11.5 Å². The molecular formula is C16H16ClN3O2. The van der Waals surface area contributed by atoms with Gasteiger partial charge in [-0.1, -0.05) is 11.6 Å². The van der Waals surface area contributed by atoms with E-state index >= 15 is 0 Å². The largest absolute Gasteiger partial charge is 0.456 e. The molecule has 6 heteroatoms. The summed E-state index contributed by atoms with van der Waals surface area (Å²) in [4.78, 5) is 16.0. The van der Waals surface area contributed by atoms with Gasteiger partial charge in [-0.25, -0.2) is 0 Å². The molecule has 2 aromatic rings. The Hall–Kier alpha value is -2.11. The molecule has 0 bridgehead atoms. The van der Waals surface area contributed by atoms with Gasteiger partial charge in [0.1, 0.15) is 11.5 Å². The highest BCUT2D eigenvalue weighted by molar-refractivity contribution is 6.32. The van der Waals surface area contributed by atoms with Gasteiger partial charge in [0.25, 0.3) is 5.91 Å². The van der Waals surface area contributed by atoms with Crippen molar-refractivity contribution >= 4 is 17.5 Å². The molecule has 114 valence electrons. The fraction of sp³-hybridized carbons (Fsp3) is 0.250. The van der Waals surface area contributed by atoms with E-state index in [4.69, 9.17) is 16.3 Å². The molecule has 1 fully saturated rings. The number of halogens is 1. The highest BCUT2D eigenvalue weighted by Crippen LogP contribution is 2.29. The van der Waals surface area contributed by atoms with Gasteiger partial charge in [-0.3, -0.25) is 9.78 Å². The van der Waals surface area contributed by atoms with Crippen molar-refractivity contribution in [2.24, 2.45) is 5.92 Å². The third-order valence-electron chi connectivity index (χ3n) is 3.49. The highest BCUT2D eigenvalue weighted by Gasteiger charge is 2.18. The SMILES string of the molecule is O=C(NCC1CNC1)c1ccc(Oc2ccncc2)c(Cl)c1. The zero-order valence-electron chi connectivity index (χ0n) is 11.9. The van der Waals surface area contributed by atoms with Crippen molar-refractivity contribution in [1.29, 1.82) is 0 Å². The fourth-order valence-electron chi connectivity index (χ4n) is 2.09. The summed E-state index contributed by atoms with van der Waals surface area (Å²) in [5.41, 5.74) is 0.527. The summed E-state index contributed by atoms with van der Waals surface area (Å²) >= 11 is 6.19. The molecule has 2 N–H and O–H groups in total. The van der Waals surface area contributed by atoms with E-state index < -0.39 is 0 Å². The number of carbonyl (C=O) groups excluding carboxylic acids is 1. The molecule has 22 heavy (non-hydrogen) atoms. The second kappa shape index (κ2) is 6.77. The number of hydrogen-bond donors (Lipinski definition) is 2. The van der Waals surface area contributed by atoms with Crippen LogP contribution in [-0.2, 0) is 0 Å². The van der Waals surface area contributed by atoms with Crippen LogP contribution in [0.25, 0.3) is 0 Å². The standard InChI is InChI=1S/C16H16ClN3O2/c17-14-7-12(16(21)20-10-11-8-19-9-11)1-2-15(14)22-13-3-5-18-6-4-13/h1-7,11,19H,8-10H2,(H,20,21). The molecule has 1 aliphatic heterocycles. The van der Waals surface area contributed by atoms with E-state index in [9.17, 15) is 4.79 Å². The molecule has 1 amide bonds. The van der Waals surface area contributed by atoms with Crippen LogP contribution in [0, 0.1) is 5.92 Å². The summed E-state index contributed by atoms with van der Waals surface area (Å²) in [7, 11) is 0. The first kappa shape index (κ1) is 14.8. The number of amides is 1. The average Bonchev–Trinajstić information content (AvgIpc) is 2.48. The molecule has 0 aliphatic carbocycles. The van der Waals surface area contributed by atoms with Crippen LogP contribution >= 0.6 is 11.6 Å². The van der Waals surface area contributed by atoms with Gasteiger partial charge in [0.05, 0.1) is 5.02 Å². The number of nitrogens with one attached hydrogen (secondary N) is 2. The molecule has 0 unspecified atom stereocenters. The van der Waals surface area contributed by atoms with Crippen LogP contribution in [0.1, 0.15) is 10.4 Å². The van der Waals surface area contributed by atoms with Crippen molar-refractivity contribution in [2.45, 2.75) is 0 Å². The van der Waals surface area contributed by atoms with Crippen molar-refractivity contribution in [2.75, 3.05) is 19.6 Å². The molecular weight excluding hydrogens is 302 g/mol. The zero-order chi connectivity index (χ0) is 15.4. The number of pyridine rings is 1. The predicted octanol–water partition coefficient (Wildman–Crippen LogP) is 2.48. The number of benzene rings is 1. The van der Waals surface area contributed by atoms with Crippen molar-refractivity contribution in [3.63, 3.8) is 0 Å². The Bertz CT molecular complexity index is 660. The Labute approximate surface area is 133 Å². The maximum absolute atomic E-state index is 12.1. The summed E-state index contributed by atoms with van der Waals surface area (Å²) in [5, 5.41) is 6.48. The van der Waals surface area contributed by atoms with E-state index in [-0.39, 0.29) is 5.91 Å². The van der Waals surface area contributed by atoms with Crippen molar-refractivity contribution < 1.29 is 9.53 Å². The van der Waals surface area contributed by atoms with Crippen molar-refractivity contribution in [1.82, 2.24) is 15.6 Å². The van der Waals surface area contributed by atoms with Crippen LogP contribution in [0.3, 0.4) is 0 Å². The molecule has 1 aromatic heterocycles. The van der Waals surface area contributed by atoms with Crippen molar-refractivity contribution in [3.05, 3.63) is 53.3 Å². The van der Waals surface area contributed by atoms with Crippen LogP contribution in [-0.4, -0.2) is 30.5 Å². The summed E-state index contributed by atoms with van der Waals surface area (Å²) in [6, 6.07) is 8.50. The number of nitrogens with zero attached hydrogens (tertiary/aromatic N) is 1. The Balaban J connectivity index is 1.64. The molecule has 0 atom stereocenters. The summed E-state index contributed by atoms with van der Waals surface area (Å²) in [6.07, 6.45) is 3.28. The lowest BCUT2D eigenvalue weighted by Gasteiger charge is -2.27. The zero-order valence-corrected chi connectivity index (χ0v) is 12.6. The van der Waals surface area contributed by atoms with Crippen LogP contribution in [0.2, 0.25) is 5.02 Å². The smallest absolute Gasteiger partial charge is 0.251 e. The first-order chi connectivity index (χ1) is 10.7. The maximum Gasteiger partial charge on any atom is 0.251 e. The van der Waals surface area contributed by atoms with Crippen LogP contribution in [0.5, 0.6) is 11.5 Å². The van der Waals surface area contributed by atoms with Gasteiger partial charge >= 0.3 is 0 Å². The highest BCUT2D eigenvalue weighted by atomic mass is 35.5. The maximum atomic E-state index is 12.1. The minimum atomic E-state index is -0.121. The lowest BCUT2D eigenvalue weighted by atomic mass is 10.0. The average molecular weight is 318 g/mol. The van der Waals surface area contributed by atoms with E-state index in [1.165, 1.54) is 0 Å². The quantitative estimate of drug-likeness (QED) is 0.889. The first-order valence-electron chi connectivity index (χ1n) is 7.09. The van der Waals surface area contributed by atoms with Gasteiger partial charge in [0.2, 0.25) is 0 Å². The van der Waals surface area contributed by atoms with Crippen LogP contribution in [0.15, 0.2) is 42.7 Å². The van der Waals surface area contributed by atoms with Crippen LogP contribution in [0.4, 0.5) is 0 Å². The predicted molar refractivity (Wildman–Crippen MR) is 84.5 cm³/mol. The third kappa shape index (κ3) is 3.55. The molecule has 0 radical (unpaired) electrons. The molecule has 3 rings (SSSR count). The number of aromatic nitrogens is 1. The number of ether oxygens (including phenoxy) is 1. The van der Waals surface area contributed by atoms with E-state index in [0.29, 0.717) is 34.5 Å². The minimum absolute atomic E-state index is 0.121. The van der Waals surface area contributed by atoms with Gasteiger partial charge in [0, 0.05) is 43.5 Å². The second-order valence-corrected chi connectivity index (χ2v) is 5.57. The third-order valence-corrected chi connectivity index (χ3v) is 3.78. The van der Waals surface area contributed by atoms with Gasteiger partial charge in [-0.15, -0.1) is 0 Å². The fourth-order valence-corrected chi connectivity index (χ4v) is 2.31. The molecule has 0 spiro atoms. The normalized spacial score (nSPS) is 14.2. The Morgan fingerprint density at radius 1 is 1.32 bits per heavy atom. The van der Waals surface area contributed by atoms with E-state index in [1.807, 2.05) is 0 Å². The Morgan fingerprint density at radius 3 is 2.73 bits per heavy atom. The summed E-state index contributed by atoms with van der Waals surface area (Å²) in [5.74, 6) is 1.55. The van der Waals surface area contributed by atoms with Gasteiger partial charge in [0.15, 0.2) is 0 Å². The molecule has 2 heterocycles. The lowest BCUT2D eigenvalue weighted by molar-refractivity contribution is 0.0942. The van der Waals surface area contributed by atoms with Gasteiger partial charge in [-0.2, -0.15) is 0 Å². The van der Waals surface area contributed by atoms with E-state index in [0.717, 1.165) is 13.1 Å². The molecule has 1 aliphatic rings. The second-order valence-electron chi connectivity index (χ2n) is 5.16. The first-order valence-corrected chi connectivity index (χ1v) is 7.46.